The summed E-state index contributed by atoms with van der Waals surface area (Å²) in [6.45, 7) is 0.389. The molecule has 19 heavy (non-hydrogen) atoms. The van der Waals surface area contributed by atoms with E-state index in [9.17, 15) is 10.1 Å². The molecule has 1 N–H and O–H groups in total. The highest BCUT2D eigenvalue weighted by molar-refractivity contribution is 5.61. The number of hydrogen-bond donors (Lipinski definition) is 1. The molecule has 0 bridgehead atoms. The van der Waals surface area contributed by atoms with Crippen LogP contribution in [0.3, 0.4) is 0 Å². The van der Waals surface area contributed by atoms with Crippen LogP contribution >= 0.6 is 0 Å². The number of nitrogens with zero attached hydrogens (tertiary/aromatic N) is 4. The van der Waals surface area contributed by atoms with E-state index in [0.717, 1.165) is 0 Å². The van der Waals surface area contributed by atoms with E-state index in [1.165, 1.54) is 18.2 Å². The molecule has 1 heterocycles. The summed E-state index contributed by atoms with van der Waals surface area (Å²) in [4.78, 5) is 10.1. The number of nitriles is 1. The van der Waals surface area contributed by atoms with Crippen molar-refractivity contribution in [1.82, 2.24) is 10.2 Å². The van der Waals surface area contributed by atoms with Crippen molar-refractivity contribution in [2.24, 2.45) is 0 Å². The predicted octanol–water partition coefficient (Wildman–Crippen LogP) is 1.87. The molecule has 0 amide bonds. The van der Waals surface area contributed by atoms with Crippen LogP contribution in [0.15, 0.2) is 36.5 Å². The van der Waals surface area contributed by atoms with Gasteiger partial charge in [-0.3, -0.25) is 10.1 Å². The summed E-state index contributed by atoms with van der Waals surface area (Å²) >= 11 is 0. The number of hydrogen-bond acceptors (Lipinski definition) is 6. The van der Waals surface area contributed by atoms with Gasteiger partial charge in [0.1, 0.15) is 6.07 Å². The zero-order valence-corrected chi connectivity index (χ0v) is 9.78. The Morgan fingerprint density at radius 1 is 1.42 bits per heavy atom. The third-order valence-corrected chi connectivity index (χ3v) is 2.42. The van der Waals surface area contributed by atoms with Crippen molar-refractivity contribution in [2.45, 2.75) is 6.54 Å². The van der Waals surface area contributed by atoms with Gasteiger partial charge >= 0.3 is 0 Å². The predicted molar refractivity (Wildman–Crippen MR) is 67.2 cm³/mol. The van der Waals surface area contributed by atoms with Gasteiger partial charge in [0.2, 0.25) is 0 Å². The van der Waals surface area contributed by atoms with Crippen LogP contribution in [-0.4, -0.2) is 15.1 Å². The molecule has 2 rings (SSSR count). The number of anilines is 1. The minimum atomic E-state index is -0.534. The van der Waals surface area contributed by atoms with Crippen LogP contribution in [0.25, 0.3) is 0 Å². The second-order valence-electron chi connectivity index (χ2n) is 3.67. The topological polar surface area (TPSA) is 105 Å². The molecule has 0 radical (unpaired) electrons. The highest BCUT2D eigenvalue weighted by Crippen LogP contribution is 2.21. The largest absolute Gasteiger partial charge is 0.378 e. The lowest BCUT2D eigenvalue weighted by molar-refractivity contribution is -0.384. The number of nitro benzene ring substituents is 1. The molecule has 0 unspecified atom stereocenters. The highest BCUT2D eigenvalue weighted by Gasteiger charge is 2.10. The van der Waals surface area contributed by atoms with Crippen molar-refractivity contribution in [2.75, 3.05) is 5.32 Å². The maximum Gasteiger partial charge on any atom is 0.270 e. The molecule has 0 atom stereocenters. The summed E-state index contributed by atoms with van der Waals surface area (Å²) in [5.41, 5.74) is 1.35. The summed E-state index contributed by atoms with van der Waals surface area (Å²) in [6.07, 6.45) is 1.57. The second kappa shape index (κ2) is 5.55. The minimum Gasteiger partial charge on any atom is -0.378 e. The van der Waals surface area contributed by atoms with Gasteiger partial charge < -0.3 is 5.32 Å². The van der Waals surface area contributed by atoms with Gasteiger partial charge in [-0.15, -0.1) is 0 Å². The van der Waals surface area contributed by atoms with Crippen LogP contribution in [-0.2, 0) is 6.54 Å². The normalized spacial score (nSPS) is 9.63. The Labute approximate surface area is 108 Å². The lowest BCUT2D eigenvalue weighted by Crippen LogP contribution is -2.04. The van der Waals surface area contributed by atoms with Crippen molar-refractivity contribution in [1.29, 1.82) is 5.26 Å². The molecule has 0 saturated heterocycles. The second-order valence-corrected chi connectivity index (χ2v) is 3.67. The smallest absolute Gasteiger partial charge is 0.270 e. The van der Waals surface area contributed by atoms with Crippen LogP contribution in [0.1, 0.15) is 11.3 Å². The summed E-state index contributed by atoms with van der Waals surface area (Å²) in [5.74, 6) is 0. The maximum absolute atomic E-state index is 10.6. The molecule has 0 saturated carbocycles. The first-order valence-electron chi connectivity index (χ1n) is 5.39. The summed E-state index contributed by atoms with van der Waals surface area (Å²) in [5, 5.41) is 30.2. The average Bonchev–Trinajstić information content (AvgIpc) is 2.45. The Hall–Kier alpha value is -3.01. The summed E-state index contributed by atoms with van der Waals surface area (Å²) in [6, 6.07) is 9.56. The van der Waals surface area contributed by atoms with Crippen molar-refractivity contribution in [3.8, 4) is 6.07 Å². The summed E-state index contributed by atoms with van der Waals surface area (Å²) < 4.78 is 0. The van der Waals surface area contributed by atoms with Gasteiger partial charge in [-0.1, -0.05) is 0 Å². The Bertz CT molecular complexity index is 636. The fraction of sp³-hybridized carbons (Fsp3) is 0.0833. The van der Waals surface area contributed by atoms with Gasteiger partial charge in [0.25, 0.3) is 5.69 Å². The third-order valence-electron chi connectivity index (χ3n) is 2.42. The van der Waals surface area contributed by atoms with Crippen LogP contribution in [0, 0.1) is 21.4 Å². The molecule has 0 spiro atoms. The minimum absolute atomic E-state index is 0.110. The molecule has 7 nitrogen and oxygen atoms in total. The zero-order chi connectivity index (χ0) is 13.7. The molecule has 0 aliphatic rings. The van der Waals surface area contributed by atoms with E-state index in [1.54, 1.807) is 18.3 Å². The fourth-order valence-corrected chi connectivity index (χ4v) is 1.51. The van der Waals surface area contributed by atoms with Crippen molar-refractivity contribution < 1.29 is 4.92 Å². The van der Waals surface area contributed by atoms with Crippen LogP contribution in [0.4, 0.5) is 11.4 Å². The van der Waals surface area contributed by atoms with Crippen molar-refractivity contribution in [3.63, 3.8) is 0 Å². The first kappa shape index (κ1) is 12.4. The van der Waals surface area contributed by atoms with E-state index < -0.39 is 4.92 Å². The average molecular weight is 255 g/mol. The van der Waals surface area contributed by atoms with E-state index in [-0.39, 0.29) is 11.3 Å². The van der Waals surface area contributed by atoms with E-state index >= 15 is 0 Å². The molecular weight excluding hydrogens is 246 g/mol. The zero-order valence-electron chi connectivity index (χ0n) is 9.78. The maximum atomic E-state index is 10.6. The van der Waals surface area contributed by atoms with Gasteiger partial charge in [-0.25, -0.2) is 0 Å². The van der Waals surface area contributed by atoms with E-state index in [2.05, 4.69) is 15.5 Å². The monoisotopic (exact) mass is 255 g/mol. The standard InChI is InChI=1S/C12H9N5O2/c13-7-9-6-11(17(18)19)3-4-12(9)14-8-10-2-1-5-15-16-10/h1-6,14H,8H2. The molecule has 0 aliphatic carbocycles. The van der Waals surface area contributed by atoms with E-state index in [4.69, 9.17) is 5.26 Å². The highest BCUT2D eigenvalue weighted by atomic mass is 16.6. The lowest BCUT2D eigenvalue weighted by atomic mass is 10.1. The molecular formula is C12H9N5O2. The number of nitrogens with one attached hydrogen (secondary N) is 1. The Morgan fingerprint density at radius 2 is 2.26 bits per heavy atom. The number of non-ortho nitro benzene ring substituents is 1. The number of aromatic nitrogens is 2. The molecule has 0 aliphatic heterocycles. The Balaban J connectivity index is 2.17. The Kier molecular flexibility index (Phi) is 3.64. The number of rotatable bonds is 4. The van der Waals surface area contributed by atoms with Crippen LogP contribution < -0.4 is 5.32 Å². The molecule has 94 valence electrons. The van der Waals surface area contributed by atoms with Gasteiger partial charge in [0.15, 0.2) is 0 Å². The lowest BCUT2D eigenvalue weighted by Gasteiger charge is -2.06. The van der Waals surface area contributed by atoms with Gasteiger partial charge in [-0.2, -0.15) is 15.5 Å². The Morgan fingerprint density at radius 3 is 2.89 bits per heavy atom. The van der Waals surface area contributed by atoms with E-state index in [1.807, 2.05) is 6.07 Å². The third kappa shape index (κ3) is 3.01. The first-order valence-corrected chi connectivity index (χ1v) is 5.39. The first-order chi connectivity index (χ1) is 9.20. The molecule has 1 aromatic heterocycles. The molecule has 0 fully saturated rings. The fourth-order valence-electron chi connectivity index (χ4n) is 1.51. The number of nitro groups is 1. The van der Waals surface area contributed by atoms with Crippen molar-refractivity contribution in [3.05, 3.63) is 57.9 Å². The molecule has 7 heteroatoms. The molecule has 2 aromatic rings. The van der Waals surface area contributed by atoms with Gasteiger partial charge in [-0.05, 0) is 18.2 Å². The summed E-state index contributed by atoms with van der Waals surface area (Å²) in [7, 11) is 0. The van der Waals surface area contributed by atoms with Crippen LogP contribution in [0.2, 0.25) is 0 Å². The molecule has 1 aromatic carbocycles. The van der Waals surface area contributed by atoms with Gasteiger partial charge in [0, 0.05) is 18.3 Å². The quantitative estimate of drug-likeness (QED) is 0.660. The van der Waals surface area contributed by atoms with Crippen LogP contribution in [0.5, 0.6) is 0 Å². The number of benzene rings is 1. The van der Waals surface area contributed by atoms with Gasteiger partial charge in [0.05, 0.1) is 28.4 Å². The SMILES string of the molecule is N#Cc1cc([N+](=O)[O-])ccc1NCc1cccnn1. The van der Waals surface area contributed by atoms with Crippen molar-refractivity contribution >= 4 is 11.4 Å². The van der Waals surface area contributed by atoms with E-state index in [0.29, 0.717) is 17.9 Å².